The Balaban J connectivity index is 4.22. The van der Waals surface area contributed by atoms with Crippen molar-refractivity contribution < 1.29 is 24.6 Å². The summed E-state index contributed by atoms with van der Waals surface area (Å²) < 4.78 is 0. The van der Waals surface area contributed by atoms with Crippen molar-refractivity contribution in [3.8, 4) is 0 Å². The summed E-state index contributed by atoms with van der Waals surface area (Å²) in [5, 5.41) is 17.4. The molecule has 2 amide bonds. The van der Waals surface area contributed by atoms with Crippen LogP contribution in [0.5, 0.6) is 0 Å². The topological polar surface area (TPSA) is 121 Å². The summed E-state index contributed by atoms with van der Waals surface area (Å²) >= 11 is 1.34. The zero-order valence-corrected chi connectivity index (χ0v) is 11.0. The Hall–Kier alpha value is -1.28. The fourth-order valence-electron chi connectivity index (χ4n) is 1.07. The summed E-state index contributed by atoms with van der Waals surface area (Å²) in [6.07, 6.45) is -0.702. The molecule has 0 aromatic carbocycles. The minimum Gasteiger partial charge on any atom is -0.480 e. The lowest BCUT2D eigenvalue weighted by atomic mass is 10.1. The van der Waals surface area contributed by atoms with Gasteiger partial charge in [-0.25, -0.2) is 9.69 Å². The Morgan fingerprint density at radius 3 is 2.39 bits per heavy atom. The maximum absolute atomic E-state index is 11.6. The first-order chi connectivity index (χ1) is 8.40. The van der Waals surface area contributed by atoms with E-state index >= 15 is 0 Å². The fraction of sp³-hybridized carbons (Fsp3) is 0.700. The second kappa shape index (κ2) is 8.76. The van der Waals surface area contributed by atoms with Gasteiger partial charge in [-0.1, -0.05) is 6.92 Å². The van der Waals surface area contributed by atoms with E-state index in [1.54, 1.807) is 0 Å². The molecule has 0 heterocycles. The van der Waals surface area contributed by atoms with Crippen LogP contribution < -0.4 is 5.73 Å². The van der Waals surface area contributed by atoms with E-state index in [9.17, 15) is 14.4 Å². The molecule has 4 N–H and O–H groups in total. The smallest absolute Gasteiger partial charge is 0.414 e. The molecule has 0 aromatic heterocycles. The molecule has 7 nitrogen and oxygen atoms in total. The SMILES string of the molecule is CCCSCN(C(=O)O)C(=O)CCC(N)C(=O)O. The van der Waals surface area contributed by atoms with Gasteiger partial charge < -0.3 is 15.9 Å². The van der Waals surface area contributed by atoms with Gasteiger partial charge in [0.25, 0.3) is 0 Å². The van der Waals surface area contributed by atoms with Crippen LogP contribution >= 0.6 is 11.8 Å². The number of carboxylic acid groups (broad SMARTS) is 2. The van der Waals surface area contributed by atoms with Crippen molar-refractivity contribution in [3.63, 3.8) is 0 Å². The van der Waals surface area contributed by atoms with Gasteiger partial charge in [0.05, 0.1) is 5.88 Å². The van der Waals surface area contributed by atoms with Crippen LogP contribution in [0.4, 0.5) is 4.79 Å². The van der Waals surface area contributed by atoms with Crippen LogP contribution in [0.15, 0.2) is 0 Å². The Bertz CT molecular complexity index is 311. The summed E-state index contributed by atoms with van der Waals surface area (Å²) in [5.41, 5.74) is 5.24. The van der Waals surface area contributed by atoms with Crippen LogP contribution in [0, 0.1) is 0 Å². The van der Waals surface area contributed by atoms with Crippen molar-refractivity contribution >= 4 is 29.7 Å². The molecule has 0 radical (unpaired) electrons. The quantitative estimate of drug-likeness (QED) is 0.443. The Kier molecular flexibility index (Phi) is 8.14. The van der Waals surface area contributed by atoms with Crippen LogP contribution in [-0.2, 0) is 9.59 Å². The molecular weight excluding hydrogens is 260 g/mol. The summed E-state index contributed by atoms with van der Waals surface area (Å²) in [6, 6.07) is -1.15. The van der Waals surface area contributed by atoms with Crippen molar-refractivity contribution in [1.29, 1.82) is 0 Å². The number of carboxylic acids is 1. The van der Waals surface area contributed by atoms with Gasteiger partial charge >= 0.3 is 12.1 Å². The molecule has 0 saturated carbocycles. The first-order valence-electron chi connectivity index (χ1n) is 5.49. The Labute approximate surface area is 109 Å². The molecule has 18 heavy (non-hydrogen) atoms. The number of carbonyl (C=O) groups is 3. The third-order valence-corrected chi connectivity index (χ3v) is 3.22. The number of carbonyl (C=O) groups excluding carboxylic acids is 1. The molecule has 1 unspecified atom stereocenters. The number of amides is 2. The van der Waals surface area contributed by atoms with Gasteiger partial charge in [-0.2, -0.15) is 0 Å². The van der Waals surface area contributed by atoms with E-state index in [-0.39, 0.29) is 18.7 Å². The van der Waals surface area contributed by atoms with Crippen LogP contribution in [0.1, 0.15) is 26.2 Å². The fourth-order valence-corrected chi connectivity index (χ4v) is 1.93. The summed E-state index contributed by atoms with van der Waals surface area (Å²) in [7, 11) is 0. The van der Waals surface area contributed by atoms with E-state index in [2.05, 4.69) is 0 Å². The number of imide groups is 1. The van der Waals surface area contributed by atoms with Gasteiger partial charge in [0.2, 0.25) is 5.91 Å². The van der Waals surface area contributed by atoms with E-state index in [1.165, 1.54) is 11.8 Å². The van der Waals surface area contributed by atoms with Crippen LogP contribution in [-0.4, -0.2) is 50.8 Å². The second-order valence-corrected chi connectivity index (χ2v) is 4.70. The van der Waals surface area contributed by atoms with E-state index in [0.29, 0.717) is 4.90 Å². The summed E-state index contributed by atoms with van der Waals surface area (Å²) in [5.74, 6) is -1.01. The Morgan fingerprint density at radius 1 is 1.33 bits per heavy atom. The number of hydrogen-bond donors (Lipinski definition) is 3. The van der Waals surface area contributed by atoms with E-state index in [0.717, 1.165) is 12.2 Å². The third kappa shape index (κ3) is 6.45. The maximum atomic E-state index is 11.6. The highest BCUT2D eigenvalue weighted by Gasteiger charge is 2.22. The van der Waals surface area contributed by atoms with Crippen molar-refractivity contribution in [2.75, 3.05) is 11.6 Å². The van der Waals surface area contributed by atoms with Crippen molar-refractivity contribution in [2.24, 2.45) is 5.73 Å². The van der Waals surface area contributed by atoms with Crippen molar-refractivity contribution in [2.45, 2.75) is 32.2 Å². The van der Waals surface area contributed by atoms with Gasteiger partial charge in [-0.05, 0) is 18.6 Å². The zero-order valence-electron chi connectivity index (χ0n) is 10.2. The molecule has 0 rings (SSSR count). The normalized spacial score (nSPS) is 11.9. The second-order valence-electron chi connectivity index (χ2n) is 3.63. The molecule has 104 valence electrons. The lowest BCUT2D eigenvalue weighted by Crippen LogP contribution is -2.37. The molecular formula is C10H18N2O5S. The highest BCUT2D eigenvalue weighted by Crippen LogP contribution is 2.09. The molecule has 0 aromatic rings. The predicted molar refractivity (Wildman–Crippen MR) is 67.3 cm³/mol. The molecule has 0 aliphatic rings. The maximum Gasteiger partial charge on any atom is 0.414 e. The van der Waals surface area contributed by atoms with Crippen LogP contribution in [0.2, 0.25) is 0 Å². The zero-order chi connectivity index (χ0) is 14.1. The molecule has 8 heteroatoms. The molecule has 0 bridgehead atoms. The minimum atomic E-state index is -1.33. The van der Waals surface area contributed by atoms with Gasteiger partial charge in [0.15, 0.2) is 0 Å². The average Bonchev–Trinajstić information content (AvgIpc) is 2.30. The lowest BCUT2D eigenvalue weighted by Gasteiger charge is -2.17. The lowest BCUT2D eigenvalue weighted by molar-refractivity contribution is -0.138. The largest absolute Gasteiger partial charge is 0.480 e. The number of hydrogen-bond acceptors (Lipinski definition) is 5. The first kappa shape index (κ1) is 16.7. The van der Waals surface area contributed by atoms with Gasteiger partial charge in [0, 0.05) is 6.42 Å². The van der Waals surface area contributed by atoms with Gasteiger partial charge in [-0.3, -0.25) is 9.59 Å². The number of nitrogens with zero attached hydrogens (tertiary/aromatic N) is 1. The highest BCUT2D eigenvalue weighted by atomic mass is 32.2. The minimum absolute atomic E-state index is 0.0598. The van der Waals surface area contributed by atoms with E-state index in [4.69, 9.17) is 15.9 Å². The van der Waals surface area contributed by atoms with Crippen LogP contribution in [0.3, 0.4) is 0 Å². The molecule has 0 aliphatic heterocycles. The molecule has 0 saturated heterocycles. The number of rotatable bonds is 8. The number of nitrogens with two attached hydrogens (primary N) is 1. The standard InChI is InChI=1S/C10H18N2O5S/c1-2-5-18-6-12(10(16)17)8(13)4-3-7(11)9(14)15/h7H,2-6,11H2,1H3,(H,14,15)(H,16,17). The van der Waals surface area contributed by atoms with Gasteiger partial charge in [0.1, 0.15) is 6.04 Å². The van der Waals surface area contributed by atoms with Gasteiger partial charge in [-0.15, -0.1) is 11.8 Å². The molecule has 1 atom stereocenters. The monoisotopic (exact) mass is 278 g/mol. The summed E-state index contributed by atoms with van der Waals surface area (Å²) in [4.78, 5) is 33.6. The third-order valence-electron chi connectivity index (χ3n) is 2.09. The molecule has 0 spiro atoms. The van der Waals surface area contributed by atoms with E-state index in [1.807, 2.05) is 6.92 Å². The van der Waals surface area contributed by atoms with Crippen LogP contribution in [0.25, 0.3) is 0 Å². The average molecular weight is 278 g/mol. The van der Waals surface area contributed by atoms with Crippen molar-refractivity contribution in [1.82, 2.24) is 4.90 Å². The summed E-state index contributed by atoms with van der Waals surface area (Å²) in [6.45, 7) is 1.95. The molecule has 0 fully saturated rings. The number of thioether (sulfide) groups is 1. The van der Waals surface area contributed by atoms with E-state index < -0.39 is 24.0 Å². The molecule has 0 aliphatic carbocycles. The first-order valence-corrected chi connectivity index (χ1v) is 6.65. The number of aliphatic carboxylic acids is 1. The Morgan fingerprint density at radius 2 is 1.94 bits per heavy atom. The van der Waals surface area contributed by atoms with Crippen molar-refractivity contribution in [3.05, 3.63) is 0 Å². The highest BCUT2D eigenvalue weighted by molar-refractivity contribution is 7.99. The predicted octanol–water partition coefficient (Wildman–Crippen LogP) is 0.786.